The number of nitrogens with zero attached hydrogens (tertiary/aromatic N) is 4. The van der Waals surface area contributed by atoms with E-state index >= 15 is 0 Å². The molecule has 0 amide bonds. The van der Waals surface area contributed by atoms with Gasteiger partial charge in [0, 0.05) is 31.0 Å². The lowest BCUT2D eigenvalue weighted by molar-refractivity contribution is -0.141. The van der Waals surface area contributed by atoms with Crippen molar-refractivity contribution in [1.29, 1.82) is 0 Å². The molecule has 25 heavy (non-hydrogen) atoms. The van der Waals surface area contributed by atoms with Crippen LogP contribution >= 0.6 is 0 Å². The fourth-order valence-electron chi connectivity index (χ4n) is 2.84. The van der Waals surface area contributed by atoms with Crippen LogP contribution in [0, 0.1) is 6.92 Å². The molecule has 0 radical (unpaired) electrons. The molecule has 1 aliphatic rings. The van der Waals surface area contributed by atoms with E-state index in [-0.39, 0.29) is 17.7 Å². The number of ether oxygens (including phenoxy) is 1. The van der Waals surface area contributed by atoms with Crippen molar-refractivity contribution in [2.75, 3.05) is 18.5 Å². The van der Waals surface area contributed by atoms with E-state index in [1.165, 1.54) is 6.20 Å². The Labute approximate surface area is 143 Å². The average molecular weight is 355 g/mol. The van der Waals surface area contributed by atoms with Crippen molar-refractivity contribution in [3.8, 4) is 11.3 Å². The molecule has 0 bridgehead atoms. The second-order valence-corrected chi connectivity index (χ2v) is 5.94. The molecule has 0 spiro atoms. The van der Waals surface area contributed by atoms with Crippen LogP contribution in [-0.4, -0.2) is 39.0 Å². The van der Waals surface area contributed by atoms with Crippen molar-refractivity contribution in [1.82, 2.24) is 19.7 Å². The molecule has 0 unspecified atom stereocenters. The Balaban J connectivity index is 1.93. The molecule has 3 rings (SSSR count). The van der Waals surface area contributed by atoms with E-state index in [0.717, 1.165) is 24.6 Å². The van der Waals surface area contributed by atoms with Gasteiger partial charge < -0.3 is 10.1 Å². The first-order valence-corrected chi connectivity index (χ1v) is 8.23. The summed E-state index contributed by atoms with van der Waals surface area (Å²) in [4.78, 5) is 7.87. The summed E-state index contributed by atoms with van der Waals surface area (Å²) in [6, 6.07) is 0.960. The zero-order valence-electron chi connectivity index (χ0n) is 14.1. The largest absolute Gasteiger partial charge is 0.433 e. The molecular weight excluding hydrogens is 335 g/mol. The fraction of sp³-hybridized carbons (Fsp3) is 0.562. The molecule has 3 heterocycles. The van der Waals surface area contributed by atoms with Gasteiger partial charge in [0.15, 0.2) is 5.69 Å². The smallest absolute Gasteiger partial charge is 0.376 e. The highest BCUT2D eigenvalue weighted by Crippen LogP contribution is 2.32. The predicted molar refractivity (Wildman–Crippen MR) is 86.1 cm³/mol. The van der Waals surface area contributed by atoms with Gasteiger partial charge in [0.2, 0.25) is 5.95 Å². The maximum Gasteiger partial charge on any atom is 0.433 e. The van der Waals surface area contributed by atoms with Gasteiger partial charge in [-0.1, -0.05) is 0 Å². The Kier molecular flexibility index (Phi) is 4.94. The van der Waals surface area contributed by atoms with Gasteiger partial charge in [0.25, 0.3) is 0 Å². The maximum absolute atomic E-state index is 13.2. The van der Waals surface area contributed by atoms with Crippen molar-refractivity contribution in [3.63, 3.8) is 0 Å². The lowest BCUT2D eigenvalue weighted by Gasteiger charge is -2.14. The van der Waals surface area contributed by atoms with E-state index in [1.54, 1.807) is 11.6 Å². The topological polar surface area (TPSA) is 64.9 Å². The normalized spacial score (nSPS) is 17.9. The van der Waals surface area contributed by atoms with Crippen molar-refractivity contribution < 1.29 is 17.9 Å². The van der Waals surface area contributed by atoms with Gasteiger partial charge in [-0.05, 0) is 32.8 Å². The Morgan fingerprint density at radius 3 is 2.76 bits per heavy atom. The van der Waals surface area contributed by atoms with Crippen molar-refractivity contribution in [2.24, 2.45) is 0 Å². The van der Waals surface area contributed by atoms with Gasteiger partial charge in [-0.3, -0.25) is 4.68 Å². The molecule has 1 N–H and O–H groups in total. The Bertz CT molecular complexity index is 738. The minimum absolute atomic E-state index is 0.0221. The third kappa shape index (κ3) is 3.92. The summed E-state index contributed by atoms with van der Waals surface area (Å²) in [5.41, 5.74) is 0.555. The molecule has 136 valence electrons. The summed E-state index contributed by atoms with van der Waals surface area (Å²) < 4.78 is 46.8. The van der Waals surface area contributed by atoms with E-state index in [4.69, 9.17) is 4.74 Å². The molecule has 1 atom stereocenters. The molecule has 0 aliphatic carbocycles. The van der Waals surface area contributed by atoms with E-state index < -0.39 is 11.9 Å². The first-order chi connectivity index (χ1) is 11.9. The minimum atomic E-state index is -4.55. The molecule has 2 aromatic rings. The summed E-state index contributed by atoms with van der Waals surface area (Å²) in [6.07, 6.45) is -1.21. The minimum Gasteiger partial charge on any atom is -0.376 e. The highest BCUT2D eigenvalue weighted by atomic mass is 19.4. The van der Waals surface area contributed by atoms with Gasteiger partial charge >= 0.3 is 6.18 Å². The maximum atomic E-state index is 13.2. The summed E-state index contributed by atoms with van der Waals surface area (Å²) in [7, 11) is 0. The van der Waals surface area contributed by atoms with Gasteiger partial charge in [0.05, 0.1) is 18.0 Å². The Hall–Kier alpha value is -2.16. The van der Waals surface area contributed by atoms with Crippen LogP contribution in [0.5, 0.6) is 0 Å². The number of rotatable bonds is 5. The first-order valence-electron chi connectivity index (χ1n) is 8.23. The average Bonchev–Trinajstić information content (AvgIpc) is 3.21. The van der Waals surface area contributed by atoms with E-state index in [2.05, 4.69) is 20.4 Å². The van der Waals surface area contributed by atoms with Crippen molar-refractivity contribution in [3.05, 3.63) is 23.7 Å². The van der Waals surface area contributed by atoms with Crippen LogP contribution in [0.15, 0.2) is 12.3 Å². The van der Waals surface area contributed by atoms with Crippen LogP contribution in [0.4, 0.5) is 19.1 Å². The number of nitrogens with one attached hydrogen (secondary N) is 1. The fourth-order valence-corrected chi connectivity index (χ4v) is 2.84. The van der Waals surface area contributed by atoms with Crippen LogP contribution < -0.4 is 5.32 Å². The van der Waals surface area contributed by atoms with E-state index in [1.807, 2.05) is 6.92 Å². The molecular formula is C16H20F3N5O. The number of halogens is 3. The zero-order valence-corrected chi connectivity index (χ0v) is 14.1. The van der Waals surface area contributed by atoms with Gasteiger partial charge in [-0.15, -0.1) is 0 Å². The predicted octanol–water partition coefficient (Wildman–Crippen LogP) is 3.28. The molecule has 0 saturated carbocycles. The van der Waals surface area contributed by atoms with Gasteiger partial charge in [0.1, 0.15) is 0 Å². The van der Waals surface area contributed by atoms with Crippen molar-refractivity contribution >= 4 is 5.95 Å². The standard InChI is InChI=1S/C16H20F3N5O/c1-3-24-10(2)12(9-21-24)13-7-14(16(17,18)19)23-15(22-13)20-8-11-5-4-6-25-11/h7,9,11H,3-6,8H2,1-2H3,(H,20,22,23)/t11-/m0/s1. The van der Waals surface area contributed by atoms with Crippen LogP contribution in [0.25, 0.3) is 11.3 Å². The summed E-state index contributed by atoms with van der Waals surface area (Å²) in [5, 5.41) is 7.05. The van der Waals surface area contributed by atoms with E-state index in [9.17, 15) is 13.2 Å². The first kappa shape index (κ1) is 17.7. The SMILES string of the molecule is CCn1ncc(-c2cc(C(F)(F)F)nc(NC[C@@H]3CCCO3)n2)c1C. The molecule has 6 nitrogen and oxygen atoms in total. The van der Waals surface area contributed by atoms with Gasteiger partial charge in [-0.2, -0.15) is 18.3 Å². The summed E-state index contributed by atoms with van der Waals surface area (Å²) in [6.45, 7) is 5.41. The van der Waals surface area contributed by atoms with Crippen molar-refractivity contribution in [2.45, 2.75) is 45.5 Å². The highest BCUT2D eigenvalue weighted by molar-refractivity contribution is 5.62. The molecule has 1 fully saturated rings. The zero-order chi connectivity index (χ0) is 18.0. The number of anilines is 1. The van der Waals surface area contributed by atoms with Crippen LogP contribution in [0.1, 0.15) is 31.2 Å². The number of hydrogen-bond acceptors (Lipinski definition) is 5. The molecule has 1 saturated heterocycles. The summed E-state index contributed by atoms with van der Waals surface area (Å²) >= 11 is 0. The third-order valence-corrected chi connectivity index (χ3v) is 4.21. The number of aromatic nitrogens is 4. The van der Waals surface area contributed by atoms with Crippen LogP contribution in [-0.2, 0) is 17.5 Å². The summed E-state index contributed by atoms with van der Waals surface area (Å²) in [5.74, 6) is -0.0519. The Morgan fingerprint density at radius 2 is 2.16 bits per heavy atom. The number of hydrogen-bond donors (Lipinski definition) is 1. The molecule has 9 heteroatoms. The third-order valence-electron chi connectivity index (χ3n) is 4.21. The monoisotopic (exact) mass is 355 g/mol. The van der Waals surface area contributed by atoms with Crippen LogP contribution in [0.2, 0.25) is 0 Å². The lowest BCUT2D eigenvalue weighted by Crippen LogP contribution is -2.21. The highest BCUT2D eigenvalue weighted by Gasteiger charge is 2.34. The second-order valence-electron chi connectivity index (χ2n) is 5.94. The Morgan fingerprint density at radius 1 is 1.36 bits per heavy atom. The molecule has 1 aliphatic heterocycles. The van der Waals surface area contributed by atoms with Crippen LogP contribution in [0.3, 0.4) is 0 Å². The second kappa shape index (κ2) is 6.99. The molecule has 0 aromatic carbocycles. The number of aryl methyl sites for hydroxylation is 1. The van der Waals surface area contributed by atoms with E-state index in [0.29, 0.717) is 25.3 Å². The number of alkyl halides is 3. The van der Waals surface area contributed by atoms with Gasteiger partial charge in [-0.25, -0.2) is 9.97 Å². The quantitative estimate of drug-likeness (QED) is 0.892. The lowest BCUT2D eigenvalue weighted by atomic mass is 10.1. The molecule has 2 aromatic heterocycles.